The summed E-state index contributed by atoms with van der Waals surface area (Å²) in [5.41, 5.74) is 1.38. The lowest BCUT2D eigenvalue weighted by Crippen LogP contribution is -2.19. The molecule has 0 aromatic heterocycles. The average Bonchev–Trinajstić information content (AvgIpc) is 3.09. The number of amidine groups is 1. The zero-order valence-electron chi connectivity index (χ0n) is 13.4. The number of hydrogen-bond acceptors (Lipinski definition) is 3. The monoisotopic (exact) mass is 346 g/mol. The smallest absolute Gasteiger partial charge is 0.368 e. The molecule has 1 N–H and O–H groups in total. The van der Waals surface area contributed by atoms with Gasteiger partial charge in [-0.05, 0) is 23.3 Å². The van der Waals surface area contributed by atoms with E-state index in [1.807, 2.05) is 24.3 Å². The quantitative estimate of drug-likeness (QED) is 0.901. The Labute approximate surface area is 143 Å². The van der Waals surface area contributed by atoms with Crippen LogP contribution in [0, 0.1) is 0 Å². The second-order valence-corrected chi connectivity index (χ2v) is 5.95. The van der Waals surface area contributed by atoms with Gasteiger partial charge in [-0.3, -0.25) is 9.79 Å². The third-order valence-electron chi connectivity index (χ3n) is 3.93. The van der Waals surface area contributed by atoms with E-state index in [0.717, 1.165) is 42.2 Å². The molecule has 0 saturated heterocycles. The Morgan fingerprint density at radius 2 is 1.72 bits per heavy atom. The number of halogens is 3. The highest BCUT2D eigenvalue weighted by atomic mass is 19.4. The summed E-state index contributed by atoms with van der Waals surface area (Å²) in [7, 11) is 0. The molecule has 0 fully saturated rings. The van der Waals surface area contributed by atoms with Crippen molar-refractivity contribution in [3.05, 3.63) is 70.8 Å². The first-order chi connectivity index (χ1) is 11.9. The van der Waals surface area contributed by atoms with E-state index in [0.29, 0.717) is 5.56 Å². The summed E-state index contributed by atoms with van der Waals surface area (Å²) in [4.78, 5) is 16.6. The molecule has 0 spiro atoms. The molecule has 0 aliphatic carbocycles. The summed E-state index contributed by atoms with van der Waals surface area (Å²) in [6.45, 7) is 1.53. The Morgan fingerprint density at radius 1 is 1.04 bits per heavy atom. The zero-order valence-corrected chi connectivity index (χ0v) is 13.4. The highest BCUT2D eigenvalue weighted by Gasteiger charge is 2.30. The van der Waals surface area contributed by atoms with Crippen molar-refractivity contribution < 1.29 is 18.0 Å². The number of nitrogens with one attached hydrogen (secondary N) is 1. The first-order valence-corrected chi connectivity index (χ1v) is 7.97. The molecule has 130 valence electrons. The van der Waals surface area contributed by atoms with Crippen LogP contribution in [0.3, 0.4) is 0 Å². The van der Waals surface area contributed by atoms with Crippen LogP contribution in [0.1, 0.15) is 22.3 Å². The molecule has 2 aromatic rings. The number of ketones is 1. The van der Waals surface area contributed by atoms with Crippen molar-refractivity contribution >= 4 is 11.6 Å². The largest absolute Gasteiger partial charge is 0.416 e. The summed E-state index contributed by atoms with van der Waals surface area (Å²) < 4.78 is 38.2. The number of carbonyl (C=O) groups is 1. The van der Waals surface area contributed by atoms with E-state index in [4.69, 9.17) is 0 Å². The first kappa shape index (κ1) is 17.2. The van der Waals surface area contributed by atoms with E-state index >= 15 is 0 Å². The van der Waals surface area contributed by atoms with Gasteiger partial charge in [0.05, 0.1) is 12.1 Å². The van der Waals surface area contributed by atoms with Gasteiger partial charge >= 0.3 is 6.18 Å². The first-order valence-electron chi connectivity index (χ1n) is 7.97. The third kappa shape index (κ3) is 4.47. The highest BCUT2D eigenvalue weighted by molar-refractivity contribution is 6.00. The van der Waals surface area contributed by atoms with Gasteiger partial charge in [0, 0.05) is 24.9 Å². The number of rotatable bonds is 5. The van der Waals surface area contributed by atoms with Gasteiger partial charge in [0.25, 0.3) is 0 Å². The number of carbonyl (C=O) groups excluding carboxylic acids is 1. The fourth-order valence-corrected chi connectivity index (χ4v) is 2.80. The van der Waals surface area contributed by atoms with Gasteiger partial charge in [-0.15, -0.1) is 0 Å². The van der Waals surface area contributed by atoms with E-state index < -0.39 is 11.7 Å². The summed E-state index contributed by atoms with van der Waals surface area (Å²) >= 11 is 0. The molecule has 0 amide bonds. The van der Waals surface area contributed by atoms with E-state index in [-0.39, 0.29) is 18.6 Å². The lowest BCUT2D eigenvalue weighted by molar-refractivity contribution is -0.137. The van der Waals surface area contributed by atoms with Crippen LogP contribution in [0.2, 0.25) is 0 Å². The normalized spacial score (nSPS) is 14.1. The molecule has 1 aliphatic heterocycles. The minimum absolute atomic E-state index is 0.0205. The van der Waals surface area contributed by atoms with Gasteiger partial charge in [-0.1, -0.05) is 36.4 Å². The van der Waals surface area contributed by atoms with Crippen LogP contribution in [0.4, 0.5) is 13.2 Å². The molecule has 1 heterocycles. The van der Waals surface area contributed by atoms with Crippen molar-refractivity contribution in [3.8, 4) is 0 Å². The van der Waals surface area contributed by atoms with Crippen LogP contribution in [-0.2, 0) is 23.8 Å². The van der Waals surface area contributed by atoms with E-state index in [9.17, 15) is 18.0 Å². The number of hydrogen-bond donors (Lipinski definition) is 1. The van der Waals surface area contributed by atoms with Crippen molar-refractivity contribution in [1.82, 2.24) is 5.32 Å². The Balaban J connectivity index is 1.68. The van der Waals surface area contributed by atoms with Crippen LogP contribution >= 0.6 is 0 Å². The van der Waals surface area contributed by atoms with Crippen LogP contribution in [0.5, 0.6) is 0 Å². The van der Waals surface area contributed by atoms with Crippen molar-refractivity contribution in [2.75, 3.05) is 13.1 Å². The minimum atomic E-state index is -4.40. The molecule has 0 radical (unpaired) electrons. The summed E-state index contributed by atoms with van der Waals surface area (Å²) in [6.07, 6.45) is -4.24. The molecule has 0 saturated carbocycles. The zero-order chi connectivity index (χ0) is 17.9. The maximum absolute atomic E-state index is 12.7. The van der Waals surface area contributed by atoms with Gasteiger partial charge in [0.15, 0.2) is 0 Å². The molecule has 6 heteroatoms. The lowest BCUT2D eigenvalue weighted by Gasteiger charge is -2.09. The number of nitrogens with zero attached hydrogens (tertiary/aromatic N) is 1. The summed E-state index contributed by atoms with van der Waals surface area (Å²) in [5, 5.41) is 3.17. The molecular weight excluding hydrogens is 329 g/mol. The number of alkyl halides is 3. The van der Waals surface area contributed by atoms with Crippen LogP contribution in [0.15, 0.2) is 53.5 Å². The molecular formula is C19H17F3N2O. The van der Waals surface area contributed by atoms with E-state index in [1.54, 1.807) is 6.07 Å². The standard InChI is InChI=1S/C19H17F3N2O/c20-19(21,22)16-6-2-4-14(10-16)12-17(25)11-13-3-1-5-15(9-13)18-23-7-8-24-18/h1-6,9-10H,7-8,11-12H2,(H,23,24). The maximum Gasteiger partial charge on any atom is 0.416 e. The molecule has 2 aromatic carbocycles. The summed E-state index contributed by atoms with van der Waals surface area (Å²) in [6, 6.07) is 12.4. The fraction of sp³-hybridized carbons (Fsp3) is 0.263. The predicted octanol–water partition coefficient (Wildman–Crippen LogP) is 3.41. The van der Waals surface area contributed by atoms with E-state index in [1.165, 1.54) is 6.07 Å². The fourth-order valence-electron chi connectivity index (χ4n) is 2.80. The Kier molecular flexibility index (Phi) is 4.88. The highest BCUT2D eigenvalue weighted by Crippen LogP contribution is 2.29. The van der Waals surface area contributed by atoms with Crippen molar-refractivity contribution in [2.24, 2.45) is 4.99 Å². The van der Waals surface area contributed by atoms with Gasteiger partial charge < -0.3 is 5.32 Å². The van der Waals surface area contributed by atoms with E-state index in [2.05, 4.69) is 10.3 Å². The number of Topliss-reactive ketones (excluding diaryl/α,β-unsaturated/α-hetero) is 1. The molecule has 0 unspecified atom stereocenters. The molecule has 0 atom stereocenters. The Bertz CT molecular complexity index is 812. The summed E-state index contributed by atoms with van der Waals surface area (Å²) in [5.74, 6) is 0.685. The maximum atomic E-state index is 12.7. The molecule has 25 heavy (non-hydrogen) atoms. The van der Waals surface area contributed by atoms with Gasteiger partial charge in [0.1, 0.15) is 11.6 Å². The van der Waals surface area contributed by atoms with Gasteiger partial charge in [0.2, 0.25) is 0 Å². The molecule has 1 aliphatic rings. The predicted molar refractivity (Wildman–Crippen MR) is 89.7 cm³/mol. The Morgan fingerprint density at radius 3 is 2.36 bits per heavy atom. The second kappa shape index (κ2) is 7.09. The second-order valence-electron chi connectivity index (χ2n) is 5.95. The number of aliphatic imine (C=N–C) groups is 1. The van der Waals surface area contributed by atoms with Crippen LogP contribution < -0.4 is 5.32 Å². The van der Waals surface area contributed by atoms with Gasteiger partial charge in [-0.2, -0.15) is 13.2 Å². The molecule has 3 nitrogen and oxygen atoms in total. The average molecular weight is 346 g/mol. The van der Waals surface area contributed by atoms with Crippen LogP contribution in [0.25, 0.3) is 0 Å². The van der Waals surface area contributed by atoms with Crippen molar-refractivity contribution in [3.63, 3.8) is 0 Å². The van der Waals surface area contributed by atoms with Crippen LogP contribution in [-0.4, -0.2) is 24.7 Å². The Hall–Kier alpha value is -2.63. The SMILES string of the molecule is O=C(Cc1cccc(C2=NCCN2)c1)Cc1cccc(C(F)(F)F)c1. The van der Waals surface area contributed by atoms with Crippen molar-refractivity contribution in [1.29, 1.82) is 0 Å². The third-order valence-corrected chi connectivity index (χ3v) is 3.93. The van der Waals surface area contributed by atoms with Gasteiger partial charge in [-0.25, -0.2) is 0 Å². The van der Waals surface area contributed by atoms with Crippen molar-refractivity contribution in [2.45, 2.75) is 19.0 Å². The molecule has 0 bridgehead atoms. The minimum Gasteiger partial charge on any atom is -0.368 e. The topological polar surface area (TPSA) is 41.5 Å². The lowest BCUT2D eigenvalue weighted by atomic mass is 10.00. The number of benzene rings is 2. The molecule has 3 rings (SSSR count).